The lowest BCUT2D eigenvalue weighted by Crippen LogP contribution is -2.12. The number of hydrogen-bond acceptors (Lipinski definition) is 3. The van der Waals surface area contributed by atoms with Crippen molar-refractivity contribution in [1.29, 1.82) is 0 Å². The highest BCUT2D eigenvalue weighted by molar-refractivity contribution is 6.34. The fraction of sp³-hybridized carbons (Fsp3) is 0. The summed E-state index contributed by atoms with van der Waals surface area (Å²) in [7, 11) is 0. The van der Waals surface area contributed by atoms with Crippen molar-refractivity contribution >= 4 is 23.2 Å². The lowest BCUT2D eigenvalue weighted by Gasteiger charge is -2.06. The summed E-state index contributed by atoms with van der Waals surface area (Å²) in [6, 6.07) is 7.53. The Morgan fingerprint density at radius 1 is 1.24 bits per heavy atom. The summed E-state index contributed by atoms with van der Waals surface area (Å²) in [6.45, 7) is 0. The van der Waals surface area contributed by atoms with Gasteiger partial charge in [-0.3, -0.25) is 9.78 Å². The molecule has 0 spiro atoms. The van der Waals surface area contributed by atoms with Crippen LogP contribution < -0.4 is 5.32 Å². The van der Waals surface area contributed by atoms with E-state index >= 15 is 0 Å². The highest BCUT2D eigenvalue weighted by atomic mass is 35.5. The Labute approximate surface area is 103 Å². The minimum Gasteiger partial charge on any atom is -0.508 e. The second-order valence-corrected chi connectivity index (χ2v) is 3.76. The lowest BCUT2D eigenvalue weighted by molar-refractivity contribution is 0.102. The first-order valence-corrected chi connectivity index (χ1v) is 5.24. The maximum Gasteiger partial charge on any atom is 0.257 e. The van der Waals surface area contributed by atoms with Crippen molar-refractivity contribution in [2.24, 2.45) is 0 Å². The normalized spacial score (nSPS) is 9.94. The summed E-state index contributed by atoms with van der Waals surface area (Å²) in [4.78, 5) is 15.7. The van der Waals surface area contributed by atoms with Gasteiger partial charge in [0.1, 0.15) is 5.75 Å². The van der Waals surface area contributed by atoms with Crippen molar-refractivity contribution in [3.63, 3.8) is 0 Å². The van der Waals surface area contributed by atoms with Gasteiger partial charge in [-0.1, -0.05) is 11.6 Å². The summed E-state index contributed by atoms with van der Waals surface area (Å²) in [5, 5.41) is 12.2. The molecule has 2 N–H and O–H groups in total. The van der Waals surface area contributed by atoms with Crippen molar-refractivity contribution in [2.75, 3.05) is 5.32 Å². The van der Waals surface area contributed by atoms with E-state index in [4.69, 9.17) is 11.6 Å². The maximum absolute atomic E-state index is 11.9. The number of phenolic OH excluding ortho intramolecular Hbond substituents is 1. The van der Waals surface area contributed by atoms with E-state index in [9.17, 15) is 9.90 Å². The van der Waals surface area contributed by atoms with Crippen molar-refractivity contribution in [1.82, 2.24) is 4.98 Å². The molecule has 1 amide bonds. The molecule has 0 aliphatic heterocycles. The number of pyridine rings is 1. The third kappa shape index (κ3) is 2.73. The molecule has 1 aromatic heterocycles. The lowest BCUT2D eigenvalue weighted by atomic mass is 10.2. The van der Waals surface area contributed by atoms with E-state index in [-0.39, 0.29) is 22.2 Å². The molecule has 2 aromatic rings. The van der Waals surface area contributed by atoms with Crippen LogP contribution in [0.4, 0.5) is 5.69 Å². The van der Waals surface area contributed by atoms with Gasteiger partial charge in [-0.15, -0.1) is 0 Å². The van der Waals surface area contributed by atoms with Crippen LogP contribution in [-0.4, -0.2) is 16.0 Å². The van der Waals surface area contributed by atoms with Crippen molar-refractivity contribution in [3.8, 4) is 5.75 Å². The van der Waals surface area contributed by atoms with Gasteiger partial charge >= 0.3 is 0 Å². The first-order valence-electron chi connectivity index (χ1n) is 4.87. The van der Waals surface area contributed by atoms with Crippen LogP contribution in [0.2, 0.25) is 5.02 Å². The van der Waals surface area contributed by atoms with E-state index in [1.165, 1.54) is 18.2 Å². The quantitative estimate of drug-likeness (QED) is 0.859. The molecule has 2 rings (SSSR count). The average Bonchev–Trinajstić information content (AvgIpc) is 2.33. The van der Waals surface area contributed by atoms with Crippen LogP contribution in [0, 0.1) is 0 Å². The Kier molecular flexibility index (Phi) is 3.25. The van der Waals surface area contributed by atoms with E-state index in [1.807, 2.05) is 0 Å². The smallest absolute Gasteiger partial charge is 0.257 e. The minimum atomic E-state index is -0.378. The molecular formula is C12H9ClN2O2. The predicted octanol–water partition coefficient (Wildman–Crippen LogP) is 2.69. The molecule has 0 aliphatic rings. The van der Waals surface area contributed by atoms with Gasteiger partial charge in [0.05, 0.1) is 10.6 Å². The molecule has 1 heterocycles. The van der Waals surface area contributed by atoms with Crippen LogP contribution in [0.15, 0.2) is 42.7 Å². The number of nitrogens with zero attached hydrogens (tertiary/aromatic N) is 1. The third-order valence-electron chi connectivity index (χ3n) is 2.13. The number of nitrogens with one attached hydrogen (secondary N) is 1. The molecule has 5 heteroatoms. The Bertz CT molecular complexity index is 543. The number of aromatic hydroxyl groups is 1. The van der Waals surface area contributed by atoms with Crippen LogP contribution in [-0.2, 0) is 0 Å². The van der Waals surface area contributed by atoms with E-state index < -0.39 is 0 Å². The number of phenols is 1. The monoisotopic (exact) mass is 248 g/mol. The first-order chi connectivity index (χ1) is 8.16. The fourth-order valence-corrected chi connectivity index (χ4v) is 1.52. The van der Waals surface area contributed by atoms with Crippen LogP contribution in [0.3, 0.4) is 0 Å². The van der Waals surface area contributed by atoms with Crippen LogP contribution >= 0.6 is 11.6 Å². The molecule has 4 nitrogen and oxygen atoms in total. The summed E-state index contributed by atoms with van der Waals surface area (Å²) >= 11 is 5.87. The Morgan fingerprint density at radius 2 is 1.94 bits per heavy atom. The van der Waals surface area contributed by atoms with Gasteiger partial charge in [0.15, 0.2) is 0 Å². The molecule has 0 aliphatic carbocycles. The summed E-state index contributed by atoms with van der Waals surface area (Å²) < 4.78 is 0. The second-order valence-electron chi connectivity index (χ2n) is 3.35. The Hall–Kier alpha value is -2.07. The van der Waals surface area contributed by atoms with Crippen molar-refractivity contribution in [3.05, 3.63) is 53.3 Å². The number of halogens is 1. The summed E-state index contributed by atoms with van der Waals surface area (Å²) in [5.74, 6) is -0.383. The highest BCUT2D eigenvalue weighted by Gasteiger charge is 2.11. The number of amides is 1. The largest absolute Gasteiger partial charge is 0.508 e. The standard InChI is InChI=1S/C12H9ClN2O2/c13-11-2-1-9(16)7-10(11)12(17)15-8-3-5-14-6-4-8/h1-7,16H,(H,14,15,17). The molecular weight excluding hydrogens is 240 g/mol. The molecule has 0 unspecified atom stereocenters. The molecule has 1 aromatic carbocycles. The van der Waals surface area contributed by atoms with Crippen molar-refractivity contribution in [2.45, 2.75) is 0 Å². The zero-order valence-corrected chi connectivity index (χ0v) is 9.48. The Balaban J connectivity index is 2.23. The minimum absolute atomic E-state index is 0.00530. The maximum atomic E-state index is 11.9. The molecule has 17 heavy (non-hydrogen) atoms. The third-order valence-corrected chi connectivity index (χ3v) is 2.46. The van der Waals surface area contributed by atoms with Crippen LogP contribution in [0.1, 0.15) is 10.4 Å². The number of benzene rings is 1. The van der Waals surface area contributed by atoms with E-state index in [0.717, 1.165) is 0 Å². The van der Waals surface area contributed by atoms with E-state index in [1.54, 1.807) is 24.5 Å². The topological polar surface area (TPSA) is 62.2 Å². The SMILES string of the molecule is O=C(Nc1ccncc1)c1cc(O)ccc1Cl. The van der Waals surface area contributed by atoms with Gasteiger partial charge in [-0.2, -0.15) is 0 Å². The zero-order chi connectivity index (χ0) is 12.3. The van der Waals surface area contributed by atoms with Gasteiger partial charge in [-0.25, -0.2) is 0 Å². The Morgan fingerprint density at radius 3 is 2.65 bits per heavy atom. The average molecular weight is 249 g/mol. The number of carbonyl (C=O) groups excluding carboxylic acids is 1. The molecule has 0 fully saturated rings. The molecule has 0 radical (unpaired) electrons. The first kappa shape index (κ1) is 11.4. The summed E-state index contributed by atoms with van der Waals surface area (Å²) in [5.41, 5.74) is 0.841. The number of rotatable bonds is 2. The number of aromatic nitrogens is 1. The van der Waals surface area contributed by atoms with Crippen LogP contribution in [0.25, 0.3) is 0 Å². The van der Waals surface area contributed by atoms with Gasteiger partial charge in [-0.05, 0) is 30.3 Å². The molecule has 0 bridgehead atoms. The van der Waals surface area contributed by atoms with E-state index in [2.05, 4.69) is 10.3 Å². The number of anilines is 1. The van der Waals surface area contributed by atoms with Gasteiger partial charge in [0.2, 0.25) is 0 Å². The van der Waals surface area contributed by atoms with Crippen LogP contribution in [0.5, 0.6) is 5.75 Å². The highest BCUT2D eigenvalue weighted by Crippen LogP contribution is 2.22. The summed E-state index contributed by atoms with van der Waals surface area (Å²) in [6.07, 6.45) is 3.14. The van der Waals surface area contributed by atoms with Crippen molar-refractivity contribution < 1.29 is 9.90 Å². The van der Waals surface area contributed by atoms with E-state index in [0.29, 0.717) is 5.69 Å². The van der Waals surface area contributed by atoms with Gasteiger partial charge in [0, 0.05) is 18.1 Å². The predicted molar refractivity (Wildman–Crippen MR) is 65.3 cm³/mol. The fourth-order valence-electron chi connectivity index (χ4n) is 1.32. The second kappa shape index (κ2) is 4.84. The molecule has 86 valence electrons. The zero-order valence-electron chi connectivity index (χ0n) is 8.72. The molecule has 0 saturated carbocycles. The van der Waals surface area contributed by atoms with Gasteiger partial charge in [0.25, 0.3) is 5.91 Å². The number of carbonyl (C=O) groups is 1. The molecule has 0 saturated heterocycles. The van der Waals surface area contributed by atoms with Gasteiger partial charge < -0.3 is 10.4 Å². The molecule has 0 atom stereocenters. The number of hydrogen-bond donors (Lipinski definition) is 2.